The number of carbonyl (C=O) groups is 1. The summed E-state index contributed by atoms with van der Waals surface area (Å²) in [5.74, 6) is 1.52. The lowest BCUT2D eigenvalue weighted by atomic mass is 9.95. The van der Waals surface area contributed by atoms with Crippen LogP contribution in [0.25, 0.3) is 0 Å². The molecule has 1 heterocycles. The SMILES string of the molecule is COC(=O)NCC(OCc1cc2c(cc1I)OCO2)C1=CCCCC1. The van der Waals surface area contributed by atoms with Gasteiger partial charge in [0.15, 0.2) is 11.5 Å². The van der Waals surface area contributed by atoms with Crippen LogP contribution in [0, 0.1) is 3.57 Å². The summed E-state index contributed by atoms with van der Waals surface area (Å²) >= 11 is 2.27. The van der Waals surface area contributed by atoms with Crippen molar-refractivity contribution in [2.75, 3.05) is 20.4 Å². The Morgan fingerprint density at radius 2 is 2.12 bits per heavy atom. The van der Waals surface area contributed by atoms with E-state index in [9.17, 15) is 4.79 Å². The van der Waals surface area contributed by atoms with Crippen LogP contribution in [-0.2, 0) is 16.1 Å². The van der Waals surface area contributed by atoms with E-state index in [-0.39, 0.29) is 12.9 Å². The molecule has 136 valence electrons. The predicted octanol–water partition coefficient (Wildman–Crippen LogP) is 3.76. The minimum atomic E-state index is -0.442. The van der Waals surface area contributed by atoms with Crippen LogP contribution < -0.4 is 14.8 Å². The van der Waals surface area contributed by atoms with Gasteiger partial charge in [0.2, 0.25) is 6.79 Å². The zero-order valence-corrected chi connectivity index (χ0v) is 16.3. The number of hydrogen-bond donors (Lipinski definition) is 1. The minimum absolute atomic E-state index is 0.152. The fourth-order valence-electron chi connectivity index (χ4n) is 2.96. The van der Waals surface area contributed by atoms with Crippen molar-refractivity contribution in [1.82, 2.24) is 5.32 Å². The summed E-state index contributed by atoms with van der Waals surface area (Å²) in [5.41, 5.74) is 2.29. The zero-order chi connectivity index (χ0) is 17.6. The standard InChI is InChI=1S/C18H22INO5/c1-22-18(21)20-9-17(12-5-3-2-4-6-12)23-10-13-7-15-16(8-14(13)19)25-11-24-15/h5,7-8,17H,2-4,6,9-11H2,1H3,(H,20,21). The highest BCUT2D eigenvalue weighted by Gasteiger charge is 2.21. The molecule has 7 heteroatoms. The molecule has 0 bridgehead atoms. The third kappa shape index (κ3) is 4.78. The lowest BCUT2D eigenvalue weighted by Crippen LogP contribution is -2.35. The van der Waals surface area contributed by atoms with E-state index >= 15 is 0 Å². The maximum atomic E-state index is 11.4. The number of hydrogen-bond acceptors (Lipinski definition) is 5. The number of benzene rings is 1. The lowest BCUT2D eigenvalue weighted by Gasteiger charge is -2.24. The summed E-state index contributed by atoms with van der Waals surface area (Å²) in [4.78, 5) is 11.4. The summed E-state index contributed by atoms with van der Waals surface area (Å²) in [5, 5.41) is 2.75. The Kier molecular flexibility index (Phi) is 6.41. The van der Waals surface area contributed by atoms with Gasteiger partial charge in [-0.25, -0.2) is 4.79 Å². The molecule has 0 radical (unpaired) electrons. The largest absolute Gasteiger partial charge is 0.454 e. The molecule has 2 aliphatic rings. The van der Waals surface area contributed by atoms with Crippen molar-refractivity contribution in [2.45, 2.75) is 38.4 Å². The molecule has 1 unspecified atom stereocenters. The van der Waals surface area contributed by atoms with Gasteiger partial charge in [0.1, 0.15) is 0 Å². The van der Waals surface area contributed by atoms with Gasteiger partial charge in [-0.3, -0.25) is 0 Å². The molecule has 1 aliphatic heterocycles. The summed E-state index contributed by atoms with van der Waals surface area (Å²) in [7, 11) is 1.36. The van der Waals surface area contributed by atoms with Gasteiger partial charge in [-0.1, -0.05) is 6.08 Å². The molecular formula is C18H22INO5. The molecule has 0 fully saturated rings. The number of allylic oxidation sites excluding steroid dienone is 1. The number of fused-ring (bicyclic) bond motifs is 1. The third-order valence-corrected chi connectivity index (χ3v) is 5.34. The Morgan fingerprint density at radius 1 is 1.32 bits per heavy atom. The minimum Gasteiger partial charge on any atom is -0.454 e. The van der Waals surface area contributed by atoms with Crippen LogP contribution in [0.5, 0.6) is 11.5 Å². The highest BCUT2D eigenvalue weighted by molar-refractivity contribution is 14.1. The maximum Gasteiger partial charge on any atom is 0.406 e. The Balaban J connectivity index is 1.67. The van der Waals surface area contributed by atoms with E-state index in [0.717, 1.165) is 39.9 Å². The van der Waals surface area contributed by atoms with Crippen LogP contribution in [0.15, 0.2) is 23.8 Å². The van der Waals surface area contributed by atoms with Crippen molar-refractivity contribution in [2.24, 2.45) is 0 Å². The van der Waals surface area contributed by atoms with E-state index in [1.54, 1.807) is 0 Å². The first kappa shape index (κ1) is 18.3. The number of alkyl carbamates (subject to hydrolysis) is 1. The van der Waals surface area contributed by atoms with Crippen LogP contribution in [0.3, 0.4) is 0 Å². The maximum absolute atomic E-state index is 11.4. The van der Waals surface area contributed by atoms with Gasteiger partial charge in [-0.15, -0.1) is 0 Å². The topological polar surface area (TPSA) is 66.0 Å². The molecule has 1 amide bonds. The lowest BCUT2D eigenvalue weighted by molar-refractivity contribution is 0.0596. The first-order chi connectivity index (χ1) is 12.2. The fraction of sp³-hybridized carbons (Fsp3) is 0.500. The van der Waals surface area contributed by atoms with E-state index < -0.39 is 6.09 Å². The van der Waals surface area contributed by atoms with E-state index in [0.29, 0.717) is 13.2 Å². The number of rotatable bonds is 6. The molecule has 0 spiro atoms. The average Bonchev–Trinajstić information content (AvgIpc) is 3.09. The smallest absolute Gasteiger partial charge is 0.406 e. The van der Waals surface area contributed by atoms with Crippen molar-refractivity contribution in [3.05, 3.63) is 32.9 Å². The average molecular weight is 459 g/mol. The third-order valence-electron chi connectivity index (χ3n) is 4.34. The van der Waals surface area contributed by atoms with Crippen LogP contribution in [0.1, 0.15) is 31.2 Å². The highest BCUT2D eigenvalue weighted by Crippen LogP contribution is 2.36. The molecule has 0 aromatic heterocycles. The molecule has 0 saturated carbocycles. The van der Waals surface area contributed by atoms with E-state index in [1.165, 1.54) is 19.1 Å². The quantitative estimate of drug-likeness (QED) is 0.519. The summed E-state index contributed by atoms with van der Waals surface area (Å²) < 4.78 is 22.7. The Hall–Kier alpha value is -1.48. The van der Waals surface area contributed by atoms with E-state index in [1.807, 2.05) is 12.1 Å². The second kappa shape index (κ2) is 8.75. The van der Waals surface area contributed by atoms with Crippen molar-refractivity contribution < 1.29 is 23.7 Å². The van der Waals surface area contributed by atoms with Gasteiger partial charge >= 0.3 is 6.09 Å². The molecule has 6 nitrogen and oxygen atoms in total. The van der Waals surface area contributed by atoms with Crippen molar-refractivity contribution in [3.63, 3.8) is 0 Å². The number of carbonyl (C=O) groups excluding carboxylic acids is 1. The first-order valence-corrected chi connectivity index (χ1v) is 9.45. The molecule has 1 N–H and O–H groups in total. The van der Waals surface area contributed by atoms with Crippen LogP contribution in [0.2, 0.25) is 0 Å². The van der Waals surface area contributed by atoms with Gasteiger partial charge in [0.25, 0.3) is 0 Å². The van der Waals surface area contributed by atoms with Crippen molar-refractivity contribution in [3.8, 4) is 11.5 Å². The second-order valence-electron chi connectivity index (χ2n) is 5.99. The summed E-state index contributed by atoms with van der Waals surface area (Å²) in [6.07, 6.45) is 6.08. The number of nitrogens with one attached hydrogen (secondary N) is 1. The van der Waals surface area contributed by atoms with Gasteiger partial charge in [-0.05, 0) is 71.5 Å². The molecule has 3 rings (SSSR count). The van der Waals surface area contributed by atoms with E-state index in [2.05, 4.69) is 38.7 Å². The Labute approximate surface area is 161 Å². The summed E-state index contributed by atoms with van der Waals surface area (Å²) in [6, 6.07) is 3.92. The van der Waals surface area contributed by atoms with Crippen LogP contribution in [-0.4, -0.2) is 32.6 Å². The predicted molar refractivity (Wildman–Crippen MR) is 101 cm³/mol. The number of methoxy groups -OCH3 is 1. The highest BCUT2D eigenvalue weighted by atomic mass is 127. The Bertz CT molecular complexity index is 661. The normalized spacial score (nSPS) is 17.0. The number of halogens is 1. The van der Waals surface area contributed by atoms with Crippen molar-refractivity contribution in [1.29, 1.82) is 0 Å². The molecule has 1 atom stereocenters. The molecular weight excluding hydrogens is 437 g/mol. The number of amides is 1. The summed E-state index contributed by atoms with van der Waals surface area (Å²) in [6.45, 7) is 1.10. The number of ether oxygens (including phenoxy) is 4. The second-order valence-corrected chi connectivity index (χ2v) is 7.16. The molecule has 1 aromatic rings. The first-order valence-electron chi connectivity index (χ1n) is 8.37. The van der Waals surface area contributed by atoms with Crippen LogP contribution in [0.4, 0.5) is 4.79 Å². The fourth-order valence-corrected chi connectivity index (χ4v) is 3.56. The molecule has 1 aliphatic carbocycles. The van der Waals surface area contributed by atoms with Gasteiger partial charge in [0.05, 0.1) is 26.4 Å². The van der Waals surface area contributed by atoms with Gasteiger partial charge in [-0.2, -0.15) is 0 Å². The molecule has 0 saturated heterocycles. The van der Waals surface area contributed by atoms with Gasteiger partial charge < -0.3 is 24.3 Å². The Morgan fingerprint density at radius 3 is 2.84 bits per heavy atom. The van der Waals surface area contributed by atoms with Crippen LogP contribution >= 0.6 is 22.6 Å². The van der Waals surface area contributed by atoms with Gasteiger partial charge in [0, 0.05) is 3.57 Å². The molecule has 25 heavy (non-hydrogen) atoms. The van der Waals surface area contributed by atoms with E-state index in [4.69, 9.17) is 14.2 Å². The van der Waals surface area contributed by atoms with Crippen molar-refractivity contribution >= 4 is 28.7 Å². The molecule has 1 aromatic carbocycles. The monoisotopic (exact) mass is 459 g/mol. The zero-order valence-electron chi connectivity index (χ0n) is 14.2.